The second-order valence-corrected chi connectivity index (χ2v) is 5.26. The number of nitrogens with zero attached hydrogens (tertiary/aromatic N) is 1. The van der Waals surface area contributed by atoms with Gasteiger partial charge in [0, 0.05) is 18.2 Å². The lowest BCUT2D eigenvalue weighted by Gasteiger charge is -2.32. The molecular formula is C15H22FN2O+. The highest BCUT2D eigenvalue weighted by molar-refractivity contribution is 5.77. The third kappa shape index (κ3) is 4.03. The lowest BCUT2D eigenvalue weighted by atomic mass is 10.0. The van der Waals surface area contributed by atoms with Gasteiger partial charge in [0.2, 0.25) is 0 Å². The molecule has 0 unspecified atom stereocenters. The second-order valence-electron chi connectivity index (χ2n) is 5.26. The molecule has 1 aromatic carbocycles. The van der Waals surface area contributed by atoms with Gasteiger partial charge in [0.15, 0.2) is 6.54 Å². The molecular weight excluding hydrogens is 243 g/mol. The summed E-state index contributed by atoms with van der Waals surface area (Å²) in [5.74, 6) is -0.00344. The minimum Gasteiger partial charge on any atom is -0.335 e. The van der Waals surface area contributed by atoms with E-state index in [1.165, 1.54) is 18.6 Å². The van der Waals surface area contributed by atoms with Gasteiger partial charge in [-0.1, -0.05) is 12.1 Å². The molecule has 1 atom stereocenters. The van der Waals surface area contributed by atoms with Crippen molar-refractivity contribution in [3.05, 3.63) is 35.6 Å². The van der Waals surface area contributed by atoms with E-state index in [-0.39, 0.29) is 11.7 Å². The maximum Gasteiger partial charge on any atom is 0.277 e. The Bertz CT molecular complexity index is 419. The minimum absolute atomic E-state index is 0.217. The van der Waals surface area contributed by atoms with Crippen LogP contribution in [-0.2, 0) is 11.3 Å². The molecule has 2 N–H and O–H groups in total. The topological polar surface area (TPSA) is 36.9 Å². The SMILES string of the molecule is C[C@H]1CCCCN1C(=O)C[NH2+]Cc1ccc(F)cc1. The normalized spacial score (nSPS) is 19.5. The minimum atomic E-state index is -0.220. The van der Waals surface area contributed by atoms with Crippen molar-refractivity contribution in [3.63, 3.8) is 0 Å². The lowest BCUT2D eigenvalue weighted by Crippen LogP contribution is -2.85. The van der Waals surface area contributed by atoms with Crippen LogP contribution in [0.15, 0.2) is 24.3 Å². The molecule has 0 bridgehead atoms. The quantitative estimate of drug-likeness (QED) is 0.875. The van der Waals surface area contributed by atoms with Crippen molar-refractivity contribution in [1.29, 1.82) is 0 Å². The van der Waals surface area contributed by atoms with Crippen LogP contribution < -0.4 is 5.32 Å². The van der Waals surface area contributed by atoms with Gasteiger partial charge < -0.3 is 10.2 Å². The fourth-order valence-electron chi connectivity index (χ4n) is 2.57. The van der Waals surface area contributed by atoms with E-state index in [4.69, 9.17) is 0 Å². The van der Waals surface area contributed by atoms with Crippen molar-refractivity contribution in [1.82, 2.24) is 4.90 Å². The average Bonchev–Trinajstić information content (AvgIpc) is 2.41. The molecule has 104 valence electrons. The van der Waals surface area contributed by atoms with Gasteiger partial charge in [-0.15, -0.1) is 0 Å². The fourth-order valence-corrected chi connectivity index (χ4v) is 2.57. The second kappa shape index (κ2) is 6.66. The van der Waals surface area contributed by atoms with Crippen LogP contribution in [0.3, 0.4) is 0 Å². The van der Waals surface area contributed by atoms with Gasteiger partial charge in [-0.05, 0) is 38.3 Å². The smallest absolute Gasteiger partial charge is 0.277 e. The number of rotatable bonds is 4. The number of quaternary nitrogens is 1. The summed E-state index contributed by atoms with van der Waals surface area (Å²) in [5.41, 5.74) is 1.04. The molecule has 0 radical (unpaired) electrons. The van der Waals surface area contributed by atoms with Gasteiger partial charge in [-0.25, -0.2) is 4.39 Å². The Morgan fingerprint density at radius 1 is 1.37 bits per heavy atom. The maximum atomic E-state index is 12.8. The fraction of sp³-hybridized carbons (Fsp3) is 0.533. The molecule has 19 heavy (non-hydrogen) atoms. The van der Waals surface area contributed by atoms with Gasteiger partial charge >= 0.3 is 0 Å². The van der Waals surface area contributed by atoms with Crippen LogP contribution in [0.4, 0.5) is 4.39 Å². The Morgan fingerprint density at radius 3 is 2.79 bits per heavy atom. The van der Waals surface area contributed by atoms with Crippen LogP contribution in [-0.4, -0.2) is 29.9 Å². The summed E-state index contributed by atoms with van der Waals surface area (Å²) >= 11 is 0. The third-order valence-electron chi connectivity index (χ3n) is 3.74. The van der Waals surface area contributed by atoms with Gasteiger partial charge in [0.25, 0.3) is 5.91 Å². The van der Waals surface area contributed by atoms with Crippen molar-refractivity contribution in [3.8, 4) is 0 Å². The molecule has 1 aliphatic heterocycles. The monoisotopic (exact) mass is 265 g/mol. The van der Waals surface area contributed by atoms with E-state index in [0.29, 0.717) is 19.1 Å². The first-order valence-corrected chi connectivity index (χ1v) is 7.02. The largest absolute Gasteiger partial charge is 0.335 e. The van der Waals surface area contributed by atoms with Crippen LogP contribution in [0.25, 0.3) is 0 Å². The first kappa shape index (κ1) is 14.0. The van der Waals surface area contributed by atoms with Gasteiger partial charge in [0.1, 0.15) is 12.4 Å². The van der Waals surface area contributed by atoms with Gasteiger partial charge in [-0.3, -0.25) is 4.79 Å². The number of benzene rings is 1. The highest BCUT2D eigenvalue weighted by Gasteiger charge is 2.23. The Balaban J connectivity index is 1.75. The van der Waals surface area contributed by atoms with Crippen LogP contribution in [0.1, 0.15) is 31.7 Å². The molecule has 0 saturated carbocycles. The Labute approximate surface area is 113 Å². The Kier molecular flexibility index (Phi) is 4.91. The van der Waals surface area contributed by atoms with E-state index in [9.17, 15) is 9.18 Å². The average molecular weight is 265 g/mol. The highest BCUT2D eigenvalue weighted by atomic mass is 19.1. The van der Waals surface area contributed by atoms with Gasteiger partial charge in [0.05, 0.1) is 0 Å². The number of carbonyl (C=O) groups excluding carboxylic acids is 1. The zero-order valence-electron chi connectivity index (χ0n) is 11.4. The number of hydrogen-bond donors (Lipinski definition) is 1. The number of amides is 1. The number of likely N-dealkylation sites (tertiary alicyclic amines) is 1. The summed E-state index contributed by atoms with van der Waals surface area (Å²) in [5, 5.41) is 1.98. The molecule has 2 rings (SSSR count). The Morgan fingerprint density at radius 2 is 2.11 bits per heavy atom. The molecule has 1 aromatic rings. The number of hydrogen-bond acceptors (Lipinski definition) is 1. The number of halogens is 1. The van der Waals surface area contributed by atoms with Crippen LogP contribution in [0.5, 0.6) is 0 Å². The molecule has 1 fully saturated rings. The predicted octanol–water partition coefficient (Wildman–Crippen LogP) is 1.29. The van der Waals surface area contributed by atoms with E-state index >= 15 is 0 Å². The van der Waals surface area contributed by atoms with Crippen molar-refractivity contribution in [2.45, 2.75) is 38.8 Å². The standard InChI is InChI=1S/C15H21FN2O/c1-12-4-2-3-9-18(12)15(19)11-17-10-13-5-7-14(16)8-6-13/h5-8,12,17H,2-4,9-11H2,1H3/p+1/t12-/m0/s1. The molecule has 0 spiro atoms. The lowest BCUT2D eigenvalue weighted by molar-refractivity contribution is -0.660. The van der Waals surface area contributed by atoms with Crippen molar-refractivity contribution in [2.75, 3.05) is 13.1 Å². The summed E-state index contributed by atoms with van der Waals surface area (Å²) in [4.78, 5) is 14.1. The number of carbonyl (C=O) groups is 1. The summed E-state index contributed by atoms with van der Waals surface area (Å²) in [7, 11) is 0. The predicted molar refractivity (Wildman–Crippen MR) is 71.9 cm³/mol. The summed E-state index contributed by atoms with van der Waals surface area (Å²) in [6, 6.07) is 6.81. The van der Waals surface area contributed by atoms with Crippen molar-refractivity contribution < 1.29 is 14.5 Å². The number of piperidine rings is 1. The van der Waals surface area contributed by atoms with Crippen molar-refractivity contribution in [2.24, 2.45) is 0 Å². The zero-order valence-corrected chi connectivity index (χ0v) is 11.4. The summed E-state index contributed by atoms with van der Waals surface area (Å²) < 4.78 is 12.8. The van der Waals surface area contributed by atoms with Crippen LogP contribution in [0, 0.1) is 5.82 Å². The molecule has 4 heteroatoms. The molecule has 1 amide bonds. The first-order chi connectivity index (χ1) is 9.16. The number of nitrogens with two attached hydrogens (primary N) is 1. The van der Waals surface area contributed by atoms with Crippen molar-refractivity contribution >= 4 is 5.91 Å². The first-order valence-electron chi connectivity index (χ1n) is 7.02. The molecule has 1 heterocycles. The van der Waals surface area contributed by atoms with Crippen LogP contribution in [0.2, 0.25) is 0 Å². The van der Waals surface area contributed by atoms with E-state index in [1.807, 2.05) is 10.2 Å². The van der Waals surface area contributed by atoms with E-state index in [0.717, 1.165) is 24.9 Å². The van der Waals surface area contributed by atoms with E-state index < -0.39 is 0 Å². The molecule has 1 aliphatic rings. The summed E-state index contributed by atoms with van der Waals surface area (Å²) in [6.07, 6.45) is 3.46. The Hall–Kier alpha value is -1.42. The molecule has 0 aromatic heterocycles. The van der Waals surface area contributed by atoms with Crippen LogP contribution >= 0.6 is 0 Å². The zero-order chi connectivity index (χ0) is 13.7. The van der Waals surface area contributed by atoms with E-state index in [1.54, 1.807) is 12.1 Å². The summed E-state index contributed by atoms with van der Waals surface area (Å²) in [6.45, 7) is 4.21. The van der Waals surface area contributed by atoms with Gasteiger partial charge in [-0.2, -0.15) is 0 Å². The molecule has 1 saturated heterocycles. The highest BCUT2D eigenvalue weighted by Crippen LogP contribution is 2.15. The molecule has 3 nitrogen and oxygen atoms in total. The van der Waals surface area contributed by atoms with E-state index in [2.05, 4.69) is 6.92 Å². The third-order valence-corrected chi connectivity index (χ3v) is 3.74. The molecule has 0 aliphatic carbocycles. The maximum absolute atomic E-state index is 12.8.